The molecule has 1 fully saturated rings. The number of ether oxygens (including phenoxy) is 1. The average molecular weight is 405 g/mol. The van der Waals surface area contributed by atoms with Crippen molar-refractivity contribution in [2.45, 2.75) is 24.8 Å². The number of hydrogen-bond acceptors (Lipinski definition) is 3. The molecule has 0 aromatic heterocycles. The molecule has 0 bridgehead atoms. The highest BCUT2D eigenvalue weighted by Crippen LogP contribution is 2.39. The lowest BCUT2D eigenvalue weighted by Crippen LogP contribution is -2.46. The van der Waals surface area contributed by atoms with E-state index >= 15 is 0 Å². The van der Waals surface area contributed by atoms with Crippen LogP contribution in [0.1, 0.15) is 24.0 Å². The molecule has 140 valence electrons. The number of rotatable bonds is 4. The molecule has 0 unspecified atom stereocenters. The Morgan fingerprint density at radius 2 is 1.96 bits per heavy atom. The number of carbonyl (C=O) groups excluding carboxylic acids is 2. The minimum Gasteiger partial charge on any atom is -0.490 e. The molecule has 0 radical (unpaired) electrons. The third kappa shape index (κ3) is 3.15. The standard InChI is InChI=1S/C20H18Cl2N2O3/c21-14-7-8-17(16(22)12-14)27-11-10-24-18(25)20(23-19(24)26)9-3-5-13-4-1-2-6-15(13)20/h1-2,4,6-8,12H,3,5,9-11H2,(H,23,26)/t20-/m0/s1. The maximum atomic E-state index is 13.2. The zero-order valence-electron chi connectivity index (χ0n) is 14.5. The lowest BCUT2D eigenvalue weighted by Gasteiger charge is -2.33. The van der Waals surface area contributed by atoms with Crippen molar-refractivity contribution in [3.8, 4) is 5.75 Å². The van der Waals surface area contributed by atoms with E-state index in [2.05, 4.69) is 5.32 Å². The zero-order chi connectivity index (χ0) is 19.0. The molecule has 1 saturated heterocycles. The van der Waals surface area contributed by atoms with Crippen LogP contribution in [0.5, 0.6) is 5.75 Å². The summed E-state index contributed by atoms with van der Waals surface area (Å²) in [6.45, 7) is 0.297. The predicted octanol–water partition coefficient (Wildman–Crippen LogP) is 4.16. The van der Waals surface area contributed by atoms with Crippen LogP contribution >= 0.6 is 23.2 Å². The Bertz CT molecular complexity index is 918. The van der Waals surface area contributed by atoms with Crippen molar-refractivity contribution < 1.29 is 14.3 Å². The largest absolute Gasteiger partial charge is 0.490 e. The smallest absolute Gasteiger partial charge is 0.325 e. The number of amides is 3. The Kier molecular flexibility index (Phi) is 4.74. The first-order valence-corrected chi connectivity index (χ1v) is 9.57. The summed E-state index contributed by atoms with van der Waals surface area (Å²) in [4.78, 5) is 26.9. The predicted molar refractivity (Wildman–Crippen MR) is 103 cm³/mol. The van der Waals surface area contributed by atoms with E-state index in [1.807, 2.05) is 24.3 Å². The highest BCUT2D eigenvalue weighted by atomic mass is 35.5. The van der Waals surface area contributed by atoms with E-state index in [1.165, 1.54) is 4.90 Å². The van der Waals surface area contributed by atoms with Crippen molar-refractivity contribution >= 4 is 35.1 Å². The van der Waals surface area contributed by atoms with E-state index in [0.717, 1.165) is 24.0 Å². The van der Waals surface area contributed by atoms with Crippen molar-refractivity contribution in [1.29, 1.82) is 0 Å². The van der Waals surface area contributed by atoms with E-state index < -0.39 is 5.54 Å². The van der Waals surface area contributed by atoms with Gasteiger partial charge in [0.1, 0.15) is 17.9 Å². The number of benzene rings is 2. The van der Waals surface area contributed by atoms with Crippen LogP contribution in [0.25, 0.3) is 0 Å². The van der Waals surface area contributed by atoms with Gasteiger partial charge in [-0.1, -0.05) is 47.5 Å². The molecule has 1 atom stereocenters. The molecule has 1 N–H and O–H groups in total. The van der Waals surface area contributed by atoms with Crippen LogP contribution in [0.15, 0.2) is 42.5 Å². The van der Waals surface area contributed by atoms with Gasteiger partial charge in [0.2, 0.25) is 0 Å². The summed E-state index contributed by atoms with van der Waals surface area (Å²) in [7, 11) is 0. The van der Waals surface area contributed by atoms with Gasteiger partial charge < -0.3 is 10.1 Å². The Labute approximate surface area is 167 Å². The average Bonchev–Trinajstić information content (AvgIpc) is 2.88. The van der Waals surface area contributed by atoms with Gasteiger partial charge >= 0.3 is 6.03 Å². The second-order valence-corrected chi connectivity index (χ2v) is 7.57. The van der Waals surface area contributed by atoms with Gasteiger partial charge in [-0.15, -0.1) is 0 Å². The van der Waals surface area contributed by atoms with Crippen molar-refractivity contribution in [1.82, 2.24) is 10.2 Å². The summed E-state index contributed by atoms with van der Waals surface area (Å²) in [6, 6.07) is 12.3. The Balaban J connectivity index is 1.49. The lowest BCUT2D eigenvalue weighted by atomic mass is 9.76. The molecule has 7 heteroatoms. The van der Waals surface area contributed by atoms with E-state index in [9.17, 15) is 9.59 Å². The van der Waals surface area contributed by atoms with E-state index in [0.29, 0.717) is 22.2 Å². The van der Waals surface area contributed by atoms with Crippen molar-refractivity contribution in [2.24, 2.45) is 0 Å². The Hall–Kier alpha value is -2.24. The molecule has 1 spiro atoms. The fraction of sp³-hybridized carbons (Fsp3) is 0.300. The highest BCUT2D eigenvalue weighted by Gasteiger charge is 2.53. The number of nitrogens with zero attached hydrogens (tertiary/aromatic N) is 1. The topological polar surface area (TPSA) is 58.6 Å². The molecule has 2 aromatic carbocycles. The third-order valence-electron chi connectivity index (χ3n) is 5.12. The summed E-state index contributed by atoms with van der Waals surface area (Å²) in [6.07, 6.45) is 2.38. The van der Waals surface area contributed by atoms with Gasteiger partial charge in [0.25, 0.3) is 5.91 Å². The van der Waals surface area contributed by atoms with Gasteiger partial charge in [0.05, 0.1) is 11.6 Å². The molecule has 2 aliphatic rings. The molecule has 27 heavy (non-hydrogen) atoms. The molecular formula is C20H18Cl2N2O3. The summed E-state index contributed by atoms with van der Waals surface area (Å²) < 4.78 is 5.63. The summed E-state index contributed by atoms with van der Waals surface area (Å²) in [5.74, 6) is 0.247. The molecule has 0 saturated carbocycles. The maximum absolute atomic E-state index is 13.2. The van der Waals surface area contributed by atoms with Gasteiger partial charge in [-0.2, -0.15) is 0 Å². The number of carbonyl (C=O) groups is 2. The monoisotopic (exact) mass is 404 g/mol. The van der Waals surface area contributed by atoms with Gasteiger partial charge in [-0.3, -0.25) is 9.69 Å². The number of nitrogens with one attached hydrogen (secondary N) is 1. The number of imide groups is 1. The molecule has 1 aliphatic heterocycles. The van der Waals surface area contributed by atoms with Crippen molar-refractivity contribution in [3.63, 3.8) is 0 Å². The van der Waals surface area contributed by atoms with Gasteiger partial charge in [-0.25, -0.2) is 4.79 Å². The van der Waals surface area contributed by atoms with Gasteiger partial charge in [0.15, 0.2) is 0 Å². The first-order chi connectivity index (χ1) is 13.0. The number of aryl methyl sites for hydroxylation is 1. The molecule has 3 amide bonds. The molecule has 2 aromatic rings. The molecular weight excluding hydrogens is 387 g/mol. The highest BCUT2D eigenvalue weighted by molar-refractivity contribution is 6.35. The first kappa shape index (κ1) is 18.1. The van der Waals surface area contributed by atoms with Gasteiger partial charge in [-0.05, 0) is 48.6 Å². The fourth-order valence-electron chi connectivity index (χ4n) is 3.85. The maximum Gasteiger partial charge on any atom is 0.325 e. The van der Waals surface area contributed by atoms with Crippen LogP contribution in [0.3, 0.4) is 0 Å². The second-order valence-electron chi connectivity index (χ2n) is 6.73. The zero-order valence-corrected chi connectivity index (χ0v) is 16.0. The van der Waals surface area contributed by atoms with Gasteiger partial charge in [0, 0.05) is 5.02 Å². The van der Waals surface area contributed by atoms with Crippen LogP contribution in [0, 0.1) is 0 Å². The van der Waals surface area contributed by atoms with Crippen molar-refractivity contribution in [2.75, 3.05) is 13.2 Å². The normalized spacial score (nSPS) is 21.3. The SMILES string of the molecule is O=C1N[C@]2(CCCc3ccccc32)C(=O)N1CCOc1ccc(Cl)cc1Cl. The quantitative estimate of drug-likeness (QED) is 0.778. The minimum absolute atomic E-state index is 0.146. The van der Waals surface area contributed by atoms with E-state index in [1.54, 1.807) is 18.2 Å². The minimum atomic E-state index is -0.955. The number of hydrogen-bond donors (Lipinski definition) is 1. The lowest BCUT2D eigenvalue weighted by molar-refractivity contribution is -0.132. The number of halogens is 2. The van der Waals surface area contributed by atoms with E-state index in [-0.39, 0.29) is 25.1 Å². The molecule has 1 aliphatic carbocycles. The first-order valence-electron chi connectivity index (χ1n) is 8.81. The second kappa shape index (κ2) is 7.06. The number of urea groups is 1. The van der Waals surface area contributed by atoms with Crippen LogP contribution in [0.4, 0.5) is 4.79 Å². The summed E-state index contributed by atoms with van der Waals surface area (Å²) in [5.41, 5.74) is 1.06. The van der Waals surface area contributed by atoms with E-state index in [4.69, 9.17) is 27.9 Å². The summed E-state index contributed by atoms with van der Waals surface area (Å²) >= 11 is 12.0. The molecule has 4 rings (SSSR count). The van der Waals surface area contributed by atoms with Crippen LogP contribution in [-0.2, 0) is 16.8 Å². The van der Waals surface area contributed by atoms with Crippen LogP contribution < -0.4 is 10.1 Å². The summed E-state index contributed by atoms with van der Waals surface area (Å²) in [5, 5.41) is 3.83. The van der Waals surface area contributed by atoms with Crippen LogP contribution in [-0.4, -0.2) is 30.0 Å². The third-order valence-corrected chi connectivity index (χ3v) is 5.65. The Morgan fingerprint density at radius 3 is 2.78 bits per heavy atom. The number of fused-ring (bicyclic) bond motifs is 2. The fourth-order valence-corrected chi connectivity index (χ4v) is 4.32. The Morgan fingerprint density at radius 1 is 1.15 bits per heavy atom. The molecule has 1 heterocycles. The van der Waals surface area contributed by atoms with Crippen LogP contribution in [0.2, 0.25) is 10.0 Å². The molecule has 5 nitrogen and oxygen atoms in total. The van der Waals surface area contributed by atoms with Crippen molar-refractivity contribution in [3.05, 3.63) is 63.6 Å².